The molecule has 4 aromatic rings. The van der Waals surface area contributed by atoms with Gasteiger partial charge in [-0.2, -0.15) is 0 Å². The molecule has 1 N–H and O–H groups in total. The molecule has 1 aliphatic carbocycles. The van der Waals surface area contributed by atoms with E-state index < -0.39 is 0 Å². The van der Waals surface area contributed by atoms with Crippen LogP contribution in [0.5, 0.6) is 0 Å². The molecule has 1 aliphatic heterocycles. The van der Waals surface area contributed by atoms with Crippen molar-refractivity contribution < 1.29 is 4.57 Å². The fourth-order valence-corrected chi connectivity index (χ4v) is 6.45. The van der Waals surface area contributed by atoms with E-state index in [0.29, 0.717) is 0 Å². The van der Waals surface area contributed by atoms with Gasteiger partial charge in [-0.05, 0) is 48.6 Å². The number of nitrogens with zero attached hydrogens (tertiary/aromatic N) is 1. The lowest BCUT2D eigenvalue weighted by molar-refractivity contribution is -0.679. The van der Waals surface area contributed by atoms with Gasteiger partial charge in [0.05, 0.1) is 0 Å². The largest absolute Gasteiger partial charge is 0.340 e. The first-order valence-electron chi connectivity index (χ1n) is 11.5. The van der Waals surface area contributed by atoms with Crippen LogP contribution < -0.4 is 9.88 Å². The molecule has 0 bridgehead atoms. The Labute approximate surface area is 213 Å². The van der Waals surface area contributed by atoms with Crippen molar-refractivity contribution in [3.8, 4) is 11.3 Å². The fraction of sp³-hybridized carbons (Fsp3) is 0.138. The lowest BCUT2D eigenvalue weighted by atomic mass is 9.83. The van der Waals surface area contributed by atoms with Crippen molar-refractivity contribution in [3.05, 3.63) is 122 Å². The first-order chi connectivity index (χ1) is 16.7. The predicted octanol–water partition coefficient (Wildman–Crippen LogP) is 8.55. The number of allylic oxidation sites excluding steroid dienone is 2. The van der Waals surface area contributed by atoms with Crippen LogP contribution in [0.25, 0.3) is 17.3 Å². The molecule has 5 heteroatoms. The number of hydrogen-bond donors (Lipinski definition) is 1. The first kappa shape index (κ1) is 21.7. The second-order valence-corrected chi connectivity index (χ2v) is 10.3. The summed E-state index contributed by atoms with van der Waals surface area (Å²) >= 11 is 15.1. The minimum Gasteiger partial charge on any atom is -0.231 e. The summed E-state index contributed by atoms with van der Waals surface area (Å²) in [5.74, 6) is 0. The van der Waals surface area contributed by atoms with Crippen molar-refractivity contribution >= 4 is 45.7 Å². The monoisotopic (exact) mass is 501 g/mol. The number of thiazole rings is 1. The third-order valence-electron chi connectivity index (χ3n) is 6.62. The van der Waals surface area contributed by atoms with E-state index in [9.17, 15) is 0 Å². The summed E-state index contributed by atoms with van der Waals surface area (Å²) in [6, 6.07) is 26.9. The number of rotatable bonds is 3. The Morgan fingerprint density at radius 1 is 0.853 bits per heavy atom. The minimum absolute atomic E-state index is 0.0383. The van der Waals surface area contributed by atoms with Gasteiger partial charge in [-0.1, -0.05) is 101 Å². The van der Waals surface area contributed by atoms with Crippen LogP contribution in [0, 0.1) is 0 Å². The number of nitrogens with one attached hydrogen (secondary N) is 1. The van der Waals surface area contributed by atoms with Crippen molar-refractivity contribution in [2.45, 2.75) is 25.3 Å². The number of aromatic nitrogens is 1. The van der Waals surface area contributed by atoms with Crippen LogP contribution in [0.1, 0.15) is 36.4 Å². The molecule has 2 nitrogen and oxygen atoms in total. The third kappa shape index (κ3) is 3.78. The van der Waals surface area contributed by atoms with Crippen molar-refractivity contribution in [1.29, 1.82) is 0 Å². The Balaban J connectivity index is 1.57. The maximum Gasteiger partial charge on any atom is 0.340 e. The second kappa shape index (κ2) is 9.07. The summed E-state index contributed by atoms with van der Waals surface area (Å²) < 4.78 is 2.43. The molecule has 1 unspecified atom stereocenters. The average molecular weight is 502 g/mol. The molecule has 1 aromatic heterocycles. The first-order valence-corrected chi connectivity index (χ1v) is 13.1. The van der Waals surface area contributed by atoms with E-state index in [-0.39, 0.29) is 6.04 Å². The van der Waals surface area contributed by atoms with Crippen molar-refractivity contribution in [1.82, 2.24) is 0 Å². The number of fused-ring (bicyclic) bond motifs is 1. The van der Waals surface area contributed by atoms with Gasteiger partial charge in [0.25, 0.3) is 0 Å². The highest BCUT2D eigenvalue weighted by Crippen LogP contribution is 2.45. The van der Waals surface area contributed by atoms with Crippen LogP contribution in [0.3, 0.4) is 0 Å². The normalized spacial score (nSPS) is 18.4. The van der Waals surface area contributed by atoms with E-state index in [0.717, 1.165) is 45.6 Å². The smallest absolute Gasteiger partial charge is 0.231 e. The van der Waals surface area contributed by atoms with E-state index in [2.05, 4.69) is 69.9 Å². The van der Waals surface area contributed by atoms with E-state index in [1.54, 1.807) is 11.3 Å². The molecule has 1 atom stereocenters. The van der Waals surface area contributed by atoms with Gasteiger partial charge in [-0.25, -0.2) is 9.88 Å². The highest BCUT2D eigenvalue weighted by atomic mass is 35.5. The summed E-state index contributed by atoms with van der Waals surface area (Å²) in [7, 11) is 0. The van der Waals surface area contributed by atoms with Crippen molar-refractivity contribution in [2.24, 2.45) is 0 Å². The van der Waals surface area contributed by atoms with Gasteiger partial charge in [-0.15, -0.1) is 0 Å². The summed E-state index contributed by atoms with van der Waals surface area (Å²) in [6.45, 7) is 0. The molecule has 0 radical (unpaired) electrons. The van der Waals surface area contributed by atoms with Crippen molar-refractivity contribution in [3.63, 3.8) is 0 Å². The number of anilines is 1. The SMILES string of the molecule is Clc1ccccc1C=C1CCCC2=C1Nc1scc(-c3ccccc3)[n+]1C2c1ccccc1Cl. The minimum atomic E-state index is 0.0383. The molecule has 0 saturated heterocycles. The van der Waals surface area contributed by atoms with E-state index in [4.69, 9.17) is 23.2 Å². The molecule has 0 amide bonds. The highest BCUT2D eigenvalue weighted by molar-refractivity contribution is 7.13. The molecule has 34 heavy (non-hydrogen) atoms. The Kier molecular flexibility index (Phi) is 5.78. The molecule has 2 heterocycles. The van der Waals surface area contributed by atoms with Gasteiger partial charge < -0.3 is 0 Å². The highest BCUT2D eigenvalue weighted by Gasteiger charge is 2.41. The molecule has 2 aliphatic rings. The molecule has 0 saturated carbocycles. The average Bonchev–Trinajstić information content (AvgIpc) is 3.29. The zero-order valence-corrected chi connectivity index (χ0v) is 20.8. The van der Waals surface area contributed by atoms with E-state index in [1.807, 2.05) is 30.3 Å². The van der Waals surface area contributed by atoms with Gasteiger partial charge in [0.2, 0.25) is 0 Å². The van der Waals surface area contributed by atoms with Gasteiger partial charge in [0.1, 0.15) is 11.4 Å². The Hall–Kier alpha value is -2.85. The number of hydrogen-bond acceptors (Lipinski definition) is 2. The third-order valence-corrected chi connectivity index (χ3v) is 8.17. The second-order valence-electron chi connectivity index (χ2n) is 8.66. The van der Waals surface area contributed by atoms with E-state index in [1.165, 1.54) is 28.1 Å². The zero-order valence-electron chi connectivity index (χ0n) is 18.5. The van der Waals surface area contributed by atoms with Crippen LogP contribution in [0.15, 0.2) is 101 Å². The Bertz CT molecular complexity index is 1440. The number of benzene rings is 3. The zero-order chi connectivity index (χ0) is 23.1. The van der Waals surface area contributed by atoms with E-state index >= 15 is 0 Å². The van der Waals surface area contributed by atoms with Crippen LogP contribution in [-0.2, 0) is 0 Å². The molecular weight excluding hydrogens is 479 g/mol. The van der Waals surface area contributed by atoms with Crippen LogP contribution >= 0.6 is 34.5 Å². The molecule has 0 fully saturated rings. The maximum atomic E-state index is 6.82. The topological polar surface area (TPSA) is 15.9 Å². The van der Waals surface area contributed by atoms with Gasteiger partial charge in [0.15, 0.2) is 6.04 Å². The summed E-state index contributed by atoms with van der Waals surface area (Å²) in [6.07, 6.45) is 5.38. The standard InChI is InChI=1S/C29H22Cl2N2S/c30-24-15-6-4-11-20(24)17-21-12-8-14-23-27(21)32-29-33(28(23)22-13-5-7-16-25(22)31)26(18-34-29)19-9-2-1-3-10-19/h1-7,9-11,13,15-18,28H,8,12,14H2/p+1. The summed E-state index contributed by atoms with van der Waals surface area (Å²) in [5.41, 5.74) is 8.50. The molecule has 6 rings (SSSR count). The lowest BCUT2D eigenvalue weighted by Gasteiger charge is -2.31. The summed E-state index contributed by atoms with van der Waals surface area (Å²) in [5, 5.41) is 8.75. The van der Waals surface area contributed by atoms with Crippen LogP contribution in [-0.4, -0.2) is 0 Å². The van der Waals surface area contributed by atoms with Crippen LogP contribution in [0.2, 0.25) is 10.0 Å². The fourth-order valence-electron chi connectivity index (χ4n) is 5.07. The lowest BCUT2D eigenvalue weighted by Crippen LogP contribution is -2.48. The molecule has 3 aromatic carbocycles. The van der Waals surface area contributed by atoms with Gasteiger partial charge in [0, 0.05) is 32.1 Å². The molecular formula is C29H23Cl2N2S+. The van der Waals surface area contributed by atoms with Crippen molar-refractivity contribution in [2.75, 3.05) is 5.32 Å². The molecule has 0 spiro atoms. The number of halogens is 2. The Morgan fingerprint density at radius 3 is 2.38 bits per heavy atom. The maximum absolute atomic E-state index is 6.82. The van der Waals surface area contributed by atoms with Crippen LogP contribution in [0.4, 0.5) is 5.13 Å². The summed E-state index contributed by atoms with van der Waals surface area (Å²) in [4.78, 5) is 0. The quantitative estimate of drug-likeness (QED) is 0.278. The van der Waals surface area contributed by atoms with Gasteiger partial charge in [-0.3, -0.25) is 0 Å². The van der Waals surface area contributed by atoms with Gasteiger partial charge >= 0.3 is 5.13 Å². The molecule has 168 valence electrons. The predicted molar refractivity (Wildman–Crippen MR) is 143 cm³/mol. The Morgan fingerprint density at radius 2 is 1.59 bits per heavy atom.